The van der Waals surface area contributed by atoms with Gasteiger partial charge < -0.3 is 5.32 Å². The first-order valence-electron chi connectivity index (χ1n) is 7.06. The van der Waals surface area contributed by atoms with Crippen molar-refractivity contribution in [2.75, 3.05) is 18.0 Å². The first-order chi connectivity index (χ1) is 10.2. The second-order valence-electron chi connectivity index (χ2n) is 4.65. The summed E-state index contributed by atoms with van der Waals surface area (Å²) in [6.07, 6.45) is 0.477. The second kappa shape index (κ2) is 7.43. The highest BCUT2D eigenvalue weighted by Crippen LogP contribution is 2.13. The molecule has 2 aromatic rings. The Kier molecular flexibility index (Phi) is 5.32. The van der Waals surface area contributed by atoms with Crippen molar-refractivity contribution in [3.8, 4) is 0 Å². The Morgan fingerprint density at radius 3 is 2.43 bits per heavy atom. The molecular weight excluding hydrogens is 267 g/mol. The molecule has 0 fully saturated rings. The fourth-order valence-corrected chi connectivity index (χ4v) is 2.15. The highest BCUT2D eigenvalue weighted by molar-refractivity contribution is 5.91. The van der Waals surface area contributed by atoms with Gasteiger partial charge in [0.25, 0.3) is 0 Å². The van der Waals surface area contributed by atoms with Crippen LogP contribution in [0.15, 0.2) is 54.6 Å². The van der Waals surface area contributed by atoms with Crippen molar-refractivity contribution in [2.45, 2.75) is 13.3 Å². The number of halogens is 1. The van der Waals surface area contributed by atoms with E-state index in [1.807, 2.05) is 37.3 Å². The molecule has 0 radical (unpaired) electrons. The highest BCUT2D eigenvalue weighted by Gasteiger charge is 2.12. The van der Waals surface area contributed by atoms with Crippen molar-refractivity contribution < 1.29 is 9.18 Å². The molecule has 4 heteroatoms. The maximum absolute atomic E-state index is 13.5. The van der Waals surface area contributed by atoms with Crippen LogP contribution in [0, 0.1) is 5.82 Å². The first kappa shape index (κ1) is 15.0. The van der Waals surface area contributed by atoms with Crippen LogP contribution in [-0.2, 0) is 6.42 Å². The Morgan fingerprint density at radius 1 is 1.10 bits per heavy atom. The van der Waals surface area contributed by atoms with E-state index in [1.165, 1.54) is 6.07 Å². The summed E-state index contributed by atoms with van der Waals surface area (Å²) in [5.74, 6) is -0.234. The van der Waals surface area contributed by atoms with E-state index in [0.29, 0.717) is 25.1 Å². The van der Waals surface area contributed by atoms with Gasteiger partial charge in [0.2, 0.25) is 0 Å². The van der Waals surface area contributed by atoms with Crippen LogP contribution in [0.25, 0.3) is 0 Å². The van der Waals surface area contributed by atoms with Crippen molar-refractivity contribution in [2.24, 2.45) is 0 Å². The molecular formula is C17H19FN2O. The molecule has 110 valence electrons. The maximum atomic E-state index is 13.5. The smallest absolute Gasteiger partial charge is 0.321 e. The summed E-state index contributed by atoms with van der Waals surface area (Å²) in [6.45, 7) is 2.90. The van der Waals surface area contributed by atoms with Gasteiger partial charge in [0.05, 0.1) is 0 Å². The van der Waals surface area contributed by atoms with Crippen LogP contribution in [0.4, 0.5) is 14.9 Å². The van der Waals surface area contributed by atoms with Gasteiger partial charge in [-0.3, -0.25) is 4.90 Å². The molecule has 0 saturated heterocycles. The molecule has 2 rings (SSSR count). The lowest BCUT2D eigenvalue weighted by Crippen LogP contribution is -2.40. The third kappa shape index (κ3) is 4.05. The van der Waals surface area contributed by atoms with Crippen LogP contribution in [0.3, 0.4) is 0 Å². The van der Waals surface area contributed by atoms with Crippen molar-refractivity contribution in [1.82, 2.24) is 5.32 Å². The van der Waals surface area contributed by atoms with Gasteiger partial charge in [-0.2, -0.15) is 0 Å². The molecule has 21 heavy (non-hydrogen) atoms. The van der Waals surface area contributed by atoms with Gasteiger partial charge in [-0.1, -0.05) is 36.4 Å². The lowest BCUT2D eigenvalue weighted by Gasteiger charge is -2.21. The Bertz CT molecular complexity index is 586. The molecule has 0 aliphatic carbocycles. The fraction of sp³-hybridized carbons (Fsp3) is 0.235. The van der Waals surface area contributed by atoms with E-state index in [0.717, 1.165) is 5.69 Å². The molecule has 0 bridgehead atoms. The van der Waals surface area contributed by atoms with E-state index in [2.05, 4.69) is 5.32 Å². The molecule has 2 aromatic carbocycles. The Hall–Kier alpha value is -2.36. The summed E-state index contributed by atoms with van der Waals surface area (Å²) in [5, 5.41) is 2.83. The first-order valence-corrected chi connectivity index (χ1v) is 7.06. The van der Waals surface area contributed by atoms with Gasteiger partial charge in [-0.15, -0.1) is 0 Å². The number of rotatable bonds is 5. The average molecular weight is 286 g/mol. The molecule has 0 spiro atoms. The molecule has 0 heterocycles. The molecule has 0 aromatic heterocycles. The number of hydrogen-bond acceptors (Lipinski definition) is 1. The molecule has 2 amide bonds. The summed E-state index contributed by atoms with van der Waals surface area (Å²) in [6, 6.07) is 15.9. The van der Waals surface area contributed by atoms with Crippen molar-refractivity contribution >= 4 is 11.7 Å². The topological polar surface area (TPSA) is 32.3 Å². The number of amides is 2. The Labute approximate surface area is 124 Å². The van der Waals surface area contributed by atoms with E-state index in [1.54, 1.807) is 23.1 Å². The van der Waals surface area contributed by atoms with E-state index < -0.39 is 0 Å². The summed E-state index contributed by atoms with van der Waals surface area (Å²) < 4.78 is 13.5. The van der Waals surface area contributed by atoms with Gasteiger partial charge in [-0.05, 0) is 37.1 Å². The number of nitrogens with zero attached hydrogens (tertiary/aromatic N) is 1. The monoisotopic (exact) mass is 286 g/mol. The number of nitrogens with one attached hydrogen (secondary N) is 1. The number of benzene rings is 2. The van der Waals surface area contributed by atoms with Crippen molar-refractivity contribution in [3.05, 3.63) is 66.0 Å². The second-order valence-corrected chi connectivity index (χ2v) is 4.65. The van der Waals surface area contributed by atoms with Crippen molar-refractivity contribution in [1.29, 1.82) is 0 Å². The largest absolute Gasteiger partial charge is 0.337 e. The molecule has 0 saturated carbocycles. The molecule has 0 aliphatic heterocycles. The highest BCUT2D eigenvalue weighted by atomic mass is 19.1. The quantitative estimate of drug-likeness (QED) is 0.895. The third-order valence-electron chi connectivity index (χ3n) is 3.26. The number of urea groups is 1. The van der Waals surface area contributed by atoms with Crippen LogP contribution >= 0.6 is 0 Å². The molecule has 0 atom stereocenters. The van der Waals surface area contributed by atoms with Gasteiger partial charge in [0, 0.05) is 18.8 Å². The van der Waals surface area contributed by atoms with Crippen LogP contribution in [-0.4, -0.2) is 19.1 Å². The van der Waals surface area contributed by atoms with Crippen LogP contribution in [0.5, 0.6) is 0 Å². The van der Waals surface area contributed by atoms with E-state index in [9.17, 15) is 9.18 Å². The fourth-order valence-electron chi connectivity index (χ4n) is 2.15. The van der Waals surface area contributed by atoms with Gasteiger partial charge in [0.1, 0.15) is 5.82 Å². The minimum absolute atomic E-state index is 0.167. The maximum Gasteiger partial charge on any atom is 0.321 e. The zero-order valence-corrected chi connectivity index (χ0v) is 12.1. The molecule has 0 aliphatic rings. The molecule has 0 unspecified atom stereocenters. The van der Waals surface area contributed by atoms with E-state index in [-0.39, 0.29) is 11.8 Å². The third-order valence-corrected chi connectivity index (χ3v) is 3.26. The zero-order valence-electron chi connectivity index (χ0n) is 12.1. The zero-order chi connectivity index (χ0) is 15.1. The summed E-state index contributed by atoms with van der Waals surface area (Å²) >= 11 is 0. The standard InChI is InChI=1S/C17H19FN2O/c1-2-20(15-9-4-3-5-10-15)17(21)19-13-12-14-8-6-7-11-16(14)18/h3-11H,2,12-13H2,1H3,(H,19,21). The number of anilines is 1. The van der Waals surface area contributed by atoms with E-state index >= 15 is 0 Å². The number of para-hydroxylation sites is 1. The predicted molar refractivity (Wildman–Crippen MR) is 83.0 cm³/mol. The summed E-state index contributed by atoms with van der Waals surface area (Å²) in [4.78, 5) is 13.8. The van der Waals surface area contributed by atoms with E-state index in [4.69, 9.17) is 0 Å². The minimum atomic E-state index is -0.234. The number of hydrogen-bond donors (Lipinski definition) is 1. The van der Waals surface area contributed by atoms with Gasteiger partial charge in [-0.25, -0.2) is 9.18 Å². The van der Waals surface area contributed by atoms with Crippen LogP contribution in [0.2, 0.25) is 0 Å². The van der Waals surface area contributed by atoms with Crippen LogP contribution < -0.4 is 10.2 Å². The average Bonchev–Trinajstić information content (AvgIpc) is 2.51. The molecule has 1 N–H and O–H groups in total. The lowest BCUT2D eigenvalue weighted by molar-refractivity contribution is 0.246. The molecule has 3 nitrogen and oxygen atoms in total. The van der Waals surface area contributed by atoms with Gasteiger partial charge >= 0.3 is 6.03 Å². The number of carbonyl (C=O) groups excluding carboxylic acids is 1. The predicted octanol–water partition coefficient (Wildman–Crippen LogP) is 3.60. The van der Waals surface area contributed by atoms with Crippen molar-refractivity contribution in [3.63, 3.8) is 0 Å². The Balaban J connectivity index is 1.90. The minimum Gasteiger partial charge on any atom is -0.337 e. The normalized spacial score (nSPS) is 10.2. The summed E-state index contributed by atoms with van der Waals surface area (Å²) in [5.41, 5.74) is 1.46. The number of carbonyl (C=O) groups is 1. The van der Waals surface area contributed by atoms with Gasteiger partial charge in [0.15, 0.2) is 0 Å². The summed E-state index contributed by atoms with van der Waals surface area (Å²) in [7, 11) is 0. The Morgan fingerprint density at radius 2 is 1.76 bits per heavy atom. The van der Waals surface area contributed by atoms with Crippen LogP contribution in [0.1, 0.15) is 12.5 Å². The SMILES string of the molecule is CCN(C(=O)NCCc1ccccc1F)c1ccccc1. The lowest BCUT2D eigenvalue weighted by atomic mass is 10.1.